The number of allylic oxidation sites excluding steroid dienone is 2. The van der Waals surface area contributed by atoms with Gasteiger partial charge in [0.2, 0.25) is 0 Å². The molecule has 0 bridgehead atoms. The lowest BCUT2D eigenvalue weighted by Crippen LogP contribution is -2.32. The van der Waals surface area contributed by atoms with Crippen LogP contribution in [0.25, 0.3) is 0 Å². The Morgan fingerprint density at radius 2 is 1.65 bits per heavy atom. The van der Waals surface area contributed by atoms with E-state index in [4.69, 9.17) is 0 Å². The van der Waals surface area contributed by atoms with Crippen molar-refractivity contribution in [2.24, 2.45) is 0 Å². The van der Waals surface area contributed by atoms with Gasteiger partial charge in [0.1, 0.15) is 0 Å². The molecule has 2 rings (SSSR count). The normalized spacial score (nSPS) is 16.9. The first kappa shape index (κ1) is 13.9. The highest BCUT2D eigenvalue weighted by Gasteiger charge is 2.38. The van der Waals surface area contributed by atoms with Crippen molar-refractivity contribution in [3.63, 3.8) is 0 Å². The van der Waals surface area contributed by atoms with E-state index in [0.717, 1.165) is 0 Å². The number of aromatic nitrogens is 1. The molecule has 0 radical (unpaired) electrons. The largest absolute Gasteiger partial charge is 0.478 e. The van der Waals surface area contributed by atoms with E-state index in [1.54, 1.807) is 44.1 Å². The molecule has 0 amide bonds. The first-order chi connectivity index (χ1) is 9.36. The molecule has 1 aliphatic rings. The number of aliphatic carboxylic acids is 2. The van der Waals surface area contributed by atoms with Gasteiger partial charge in [-0.05, 0) is 26.0 Å². The Morgan fingerprint density at radius 3 is 2.00 bits per heavy atom. The molecule has 0 unspecified atom stereocenters. The van der Waals surface area contributed by atoms with Crippen LogP contribution >= 0.6 is 0 Å². The van der Waals surface area contributed by atoms with Crippen LogP contribution in [0.1, 0.15) is 25.5 Å². The third-order valence-corrected chi connectivity index (χ3v) is 3.76. The van der Waals surface area contributed by atoms with Crippen LogP contribution in [0, 0.1) is 0 Å². The minimum absolute atomic E-state index is 0.0814. The van der Waals surface area contributed by atoms with Crippen molar-refractivity contribution >= 4 is 11.9 Å². The smallest absolute Gasteiger partial charge is 0.334 e. The number of hydrogen-bond acceptors (Lipinski definition) is 3. The fraction of sp³-hybridized carbons (Fsp3) is 0.286. The average molecular weight is 276 g/mol. The second-order valence-electron chi connectivity index (χ2n) is 4.73. The number of aromatic amines is 1. The van der Waals surface area contributed by atoms with E-state index in [-0.39, 0.29) is 11.1 Å². The molecule has 0 aliphatic carbocycles. The van der Waals surface area contributed by atoms with Crippen molar-refractivity contribution in [1.82, 2.24) is 9.88 Å². The second kappa shape index (κ2) is 4.88. The molecule has 0 saturated carbocycles. The Hall–Kier alpha value is -2.50. The summed E-state index contributed by atoms with van der Waals surface area (Å²) in [6.45, 7) is 3.36. The number of rotatable bonds is 3. The van der Waals surface area contributed by atoms with Crippen LogP contribution in [0.2, 0.25) is 0 Å². The SMILES string of the molecule is CC1=C(C(=O)O)C(c2ccc[nH]2)C(C(=O)O)=C(C)N1C. The molecule has 0 aromatic carbocycles. The lowest BCUT2D eigenvalue weighted by atomic mass is 9.82. The highest BCUT2D eigenvalue weighted by Crippen LogP contribution is 2.40. The number of carbonyl (C=O) groups is 2. The molecule has 6 heteroatoms. The summed E-state index contributed by atoms with van der Waals surface area (Å²) in [5.41, 5.74) is 1.81. The maximum Gasteiger partial charge on any atom is 0.334 e. The van der Waals surface area contributed by atoms with Crippen molar-refractivity contribution in [2.75, 3.05) is 7.05 Å². The number of nitrogens with zero attached hydrogens (tertiary/aromatic N) is 1. The van der Waals surface area contributed by atoms with Gasteiger partial charge >= 0.3 is 11.9 Å². The van der Waals surface area contributed by atoms with Gasteiger partial charge in [-0.1, -0.05) is 0 Å². The molecular weight excluding hydrogens is 260 g/mol. The predicted molar refractivity (Wildman–Crippen MR) is 72.0 cm³/mol. The van der Waals surface area contributed by atoms with Crippen molar-refractivity contribution in [3.05, 3.63) is 46.6 Å². The minimum Gasteiger partial charge on any atom is -0.478 e. The summed E-state index contributed by atoms with van der Waals surface area (Å²) in [7, 11) is 1.67. The molecule has 1 aliphatic heterocycles. The molecule has 1 aromatic heterocycles. The van der Waals surface area contributed by atoms with E-state index in [9.17, 15) is 19.8 Å². The molecule has 2 heterocycles. The zero-order chi connectivity index (χ0) is 15.0. The summed E-state index contributed by atoms with van der Waals surface area (Å²) in [4.78, 5) is 27.7. The highest BCUT2D eigenvalue weighted by molar-refractivity contribution is 5.98. The van der Waals surface area contributed by atoms with Gasteiger partial charge in [-0.25, -0.2) is 9.59 Å². The Balaban J connectivity index is 2.72. The maximum atomic E-state index is 11.6. The average Bonchev–Trinajstić information content (AvgIpc) is 2.87. The molecule has 6 nitrogen and oxygen atoms in total. The summed E-state index contributed by atoms with van der Waals surface area (Å²) in [5, 5.41) is 18.9. The fourth-order valence-corrected chi connectivity index (χ4v) is 2.57. The fourth-order valence-electron chi connectivity index (χ4n) is 2.57. The van der Waals surface area contributed by atoms with Crippen LogP contribution < -0.4 is 0 Å². The first-order valence-electron chi connectivity index (χ1n) is 6.11. The highest BCUT2D eigenvalue weighted by atomic mass is 16.4. The standard InChI is InChI=1S/C14H16N2O4/c1-7-10(13(17)18)12(9-5-4-6-15-9)11(14(19)20)8(2)16(7)3/h4-6,12,15H,1-3H3,(H,17,18)(H,19,20). The number of H-pyrrole nitrogens is 1. The maximum absolute atomic E-state index is 11.6. The lowest BCUT2D eigenvalue weighted by molar-refractivity contribution is -0.133. The molecule has 0 spiro atoms. The van der Waals surface area contributed by atoms with Crippen LogP contribution in [-0.4, -0.2) is 39.1 Å². The van der Waals surface area contributed by atoms with Gasteiger partial charge in [0, 0.05) is 30.3 Å². The van der Waals surface area contributed by atoms with Gasteiger partial charge in [0.25, 0.3) is 0 Å². The molecule has 106 valence electrons. The zero-order valence-electron chi connectivity index (χ0n) is 11.5. The molecule has 0 saturated heterocycles. The van der Waals surface area contributed by atoms with E-state index in [0.29, 0.717) is 17.1 Å². The minimum atomic E-state index is -1.11. The van der Waals surface area contributed by atoms with Gasteiger partial charge in [0.05, 0.1) is 17.1 Å². The van der Waals surface area contributed by atoms with Crippen molar-refractivity contribution < 1.29 is 19.8 Å². The Labute approximate surface area is 116 Å². The van der Waals surface area contributed by atoms with Crippen molar-refractivity contribution in [3.8, 4) is 0 Å². The lowest BCUT2D eigenvalue weighted by Gasteiger charge is -2.34. The number of hydrogen-bond donors (Lipinski definition) is 3. The number of nitrogens with one attached hydrogen (secondary N) is 1. The molecule has 0 atom stereocenters. The number of carboxylic acids is 2. The van der Waals surface area contributed by atoms with Crippen LogP contribution in [0.5, 0.6) is 0 Å². The van der Waals surface area contributed by atoms with Gasteiger partial charge < -0.3 is 20.1 Å². The first-order valence-corrected chi connectivity index (χ1v) is 6.11. The molecule has 0 fully saturated rings. The van der Waals surface area contributed by atoms with Crippen molar-refractivity contribution in [1.29, 1.82) is 0 Å². The van der Waals surface area contributed by atoms with E-state index in [1.807, 2.05) is 0 Å². The van der Waals surface area contributed by atoms with E-state index in [1.165, 1.54) is 0 Å². The van der Waals surface area contributed by atoms with Crippen LogP contribution in [0.3, 0.4) is 0 Å². The number of carboxylic acid groups (broad SMARTS) is 2. The monoisotopic (exact) mass is 276 g/mol. The van der Waals surface area contributed by atoms with Crippen LogP contribution in [0.15, 0.2) is 40.9 Å². The second-order valence-corrected chi connectivity index (χ2v) is 4.73. The van der Waals surface area contributed by atoms with Gasteiger partial charge in [-0.15, -0.1) is 0 Å². The molecule has 20 heavy (non-hydrogen) atoms. The van der Waals surface area contributed by atoms with E-state index in [2.05, 4.69) is 4.98 Å². The third kappa shape index (κ3) is 1.99. The van der Waals surface area contributed by atoms with E-state index >= 15 is 0 Å². The summed E-state index contributed by atoms with van der Waals surface area (Å²) < 4.78 is 0. The zero-order valence-corrected chi connectivity index (χ0v) is 11.5. The van der Waals surface area contributed by atoms with Gasteiger partial charge in [-0.2, -0.15) is 0 Å². The van der Waals surface area contributed by atoms with Gasteiger partial charge in [-0.3, -0.25) is 0 Å². The topological polar surface area (TPSA) is 93.6 Å². The quantitative estimate of drug-likeness (QED) is 0.782. The molecule has 1 aromatic rings. The summed E-state index contributed by atoms with van der Waals surface area (Å²) >= 11 is 0. The Kier molecular flexibility index (Phi) is 3.40. The Morgan fingerprint density at radius 1 is 1.15 bits per heavy atom. The van der Waals surface area contributed by atoms with Crippen LogP contribution in [0.4, 0.5) is 0 Å². The predicted octanol–water partition coefficient (Wildman–Crippen LogP) is 1.76. The molecule has 3 N–H and O–H groups in total. The molecular formula is C14H16N2O4. The van der Waals surface area contributed by atoms with Crippen molar-refractivity contribution in [2.45, 2.75) is 19.8 Å². The summed E-state index contributed by atoms with van der Waals surface area (Å²) in [6.07, 6.45) is 1.65. The van der Waals surface area contributed by atoms with Crippen LogP contribution in [-0.2, 0) is 9.59 Å². The van der Waals surface area contributed by atoms with E-state index < -0.39 is 17.9 Å². The third-order valence-electron chi connectivity index (χ3n) is 3.76. The summed E-state index contributed by atoms with van der Waals surface area (Å²) in [5.74, 6) is -3.02. The van der Waals surface area contributed by atoms with Gasteiger partial charge in [0.15, 0.2) is 0 Å². The summed E-state index contributed by atoms with van der Waals surface area (Å²) in [6, 6.07) is 3.42. The Bertz CT molecular complexity index is 588.